The average molecular weight is 313 g/mol. The van der Waals surface area contributed by atoms with Crippen LogP contribution in [0, 0.1) is 5.92 Å². The summed E-state index contributed by atoms with van der Waals surface area (Å²) >= 11 is 3.67. The van der Waals surface area contributed by atoms with Gasteiger partial charge in [-0.15, -0.1) is 0 Å². The van der Waals surface area contributed by atoms with Gasteiger partial charge in [0.25, 0.3) is 0 Å². The standard InChI is InChI=1S/C15H25BrN2/c1-5-11(3)10-18(6-2)15-8-7-13(12(4)17)9-14(15)16/h7-9,11-12H,5-6,10,17H2,1-4H3/t11?,12-/m1/s1. The predicted octanol–water partition coefficient (Wildman–Crippen LogP) is 4.34. The van der Waals surface area contributed by atoms with E-state index < -0.39 is 0 Å². The van der Waals surface area contributed by atoms with E-state index in [0.29, 0.717) is 5.92 Å². The fraction of sp³-hybridized carbons (Fsp3) is 0.600. The number of nitrogens with two attached hydrogens (primary N) is 1. The molecule has 0 heterocycles. The molecule has 102 valence electrons. The average Bonchev–Trinajstić information content (AvgIpc) is 2.35. The molecule has 0 aromatic heterocycles. The van der Waals surface area contributed by atoms with Crippen LogP contribution >= 0.6 is 15.9 Å². The summed E-state index contributed by atoms with van der Waals surface area (Å²) in [7, 11) is 0. The normalized spacial score (nSPS) is 14.3. The van der Waals surface area contributed by atoms with Crippen LogP contribution in [0.15, 0.2) is 22.7 Å². The van der Waals surface area contributed by atoms with Gasteiger partial charge in [-0.2, -0.15) is 0 Å². The van der Waals surface area contributed by atoms with Gasteiger partial charge >= 0.3 is 0 Å². The highest BCUT2D eigenvalue weighted by Gasteiger charge is 2.12. The Morgan fingerprint density at radius 3 is 2.39 bits per heavy atom. The molecule has 2 nitrogen and oxygen atoms in total. The monoisotopic (exact) mass is 312 g/mol. The number of halogens is 1. The van der Waals surface area contributed by atoms with Crippen LogP contribution in [0.5, 0.6) is 0 Å². The smallest absolute Gasteiger partial charge is 0.0510 e. The second-order valence-electron chi connectivity index (χ2n) is 5.05. The molecule has 18 heavy (non-hydrogen) atoms. The lowest BCUT2D eigenvalue weighted by Crippen LogP contribution is -2.28. The fourth-order valence-corrected chi connectivity index (χ4v) is 2.61. The summed E-state index contributed by atoms with van der Waals surface area (Å²) in [6.45, 7) is 10.9. The highest BCUT2D eigenvalue weighted by molar-refractivity contribution is 9.10. The second-order valence-corrected chi connectivity index (χ2v) is 5.91. The first-order valence-electron chi connectivity index (χ1n) is 6.79. The summed E-state index contributed by atoms with van der Waals surface area (Å²) in [5.41, 5.74) is 8.35. The molecule has 1 rings (SSSR count). The number of benzene rings is 1. The largest absolute Gasteiger partial charge is 0.371 e. The lowest BCUT2D eigenvalue weighted by atomic mass is 10.1. The Morgan fingerprint density at radius 2 is 1.94 bits per heavy atom. The van der Waals surface area contributed by atoms with Crippen molar-refractivity contribution in [3.8, 4) is 0 Å². The molecule has 1 aromatic rings. The molecular weight excluding hydrogens is 288 g/mol. The highest BCUT2D eigenvalue weighted by atomic mass is 79.9. The molecule has 0 fully saturated rings. The maximum absolute atomic E-state index is 5.91. The molecule has 0 spiro atoms. The van der Waals surface area contributed by atoms with Crippen molar-refractivity contribution in [3.63, 3.8) is 0 Å². The molecule has 1 unspecified atom stereocenters. The quantitative estimate of drug-likeness (QED) is 0.846. The lowest BCUT2D eigenvalue weighted by molar-refractivity contribution is 0.547. The SMILES string of the molecule is CCC(C)CN(CC)c1ccc([C@@H](C)N)cc1Br. The van der Waals surface area contributed by atoms with Crippen LogP contribution < -0.4 is 10.6 Å². The van der Waals surface area contributed by atoms with E-state index in [0.717, 1.165) is 17.6 Å². The molecule has 2 N–H and O–H groups in total. The van der Waals surface area contributed by atoms with Crippen LogP contribution in [0.4, 0.5) is 5.69 Å². The van der Waals surface area contributed by atoms with Gasteiger partial charge in [-0.25, -0.2) is 0 Å². The Bertz CT molecular complexity index is 377. The van der Waals surface area contributed by atoms with Crippen molar-refractivity contribution in [2.75, 3.05) is 18.0 Å². The summed E-state index contributed by atoms with van der Waals surface area (Å²) < 4.78 is 1.14. The molecule has 1 aromatic carbocycles. The zero-order chi connectivity index (χ0) is 13.7. The first kappa shape index (κ1) is 15.5. The number of nitrogens with zero attached hydrogens (tertiary/aromatic N) is 1. The maximum atomic E-state index is 5.91. The van der Waals surface area contributed by atoms with Crippen molar-refractivity contribution in [3.05, 3.63) is 28.2 Å². The molecule has 0 aliphatic carbocycles. The van der Waals surface area contributed by atoms with Crippen molar-refractivity contribution in [1.29, 1.82) is 0 Å². The molecule has 3 heteroatoms. The molecule has 0 aliphatic rings. The number of rotatable bonds is 6. The highest BCUT2D eigenvalue weighted by Crippen LogP contribution is 2.29. The lowest BCUT2D eigenvalue weighted by Gasteiger charge is -2.27. The van der Waals surface area contributed by atoms with Crippen molar-refractivity contribution >= 4 is 21.6 Å². The summed E-state index contributed by atoms with van der Waals surface area (Å²) in [5.74, 6) is 0.713. The Labute approximate surface area is 120 Å². The van der Waals surface area contributed by atoms with E-state index in [1.807, 2.05) is 6.92 Å². The van der Waals surface area contributed by atoms with Gasteiger partial charge in [-0.3, -0.25) is 0 Å². The zero-order valence-corrected chi connectivity index (χ0v) is 13.5. The second kappa shape index (κ2) is 7.15. The molecular formula is C15H25BrN2. The van der Waals surface area contributed by atoms with Crippen LogP contribution in [0.25, 0.3) is 0 Å². The summed E-state index contributed by atoms with van der Waals surface area (Å²) in [4.78, 5) is 2.42. The Balaban J connectivity index is 2.93. The molecule has 0 bridgehead atoms. The van der Waals surface area contributed by atoms with Crippen molar-refractivity contribution < 1.29 is 0 Å². The zero-order valence-electron chi connectivity index (χ0n) is 11.9. The van der Waals surface area contributed by atoms with Gasteiger partial charge in [-0.05, 0) is 53.4 Å². The van der Waals surface area contributed by atoms with E-state index in [9.17, 15) is 0 Å². The van der Waals surface area contributed by atoms with E-state index in [1.165, 1.54) is 17.7 Å². The van der Waals surface area contributed by atoms with Crippen LogP contribution in [-0.2, 0) is 0 Å². The van der Waals surface area contributed by atoms with Gasteiger partial charge in [0.1, 0.15) is 0 Å². The Morgan fingerprint density at radius 1 is 1.28 bits per heavy atom. The van der Waals surface area contributed by atoms with Gasteiger partial charge in [0.05, 0.1) is 5.69 Å². The number of hydrogen-bond donors (Lipinski definition) is 1. The van der Waals surface area contributed by atoms with Gasteiger partial charge in [0, 0.05) is 23.6 Å². The van der Waals surface area contributed by atoms with E-state index in [1.54, 1.807) is 0 Å². The van der Waals surface area contributed by atoms with E-state index >= 15 is 0 Å². The van der Waals surface area contributed by atoms with Gasteiger partial charge in [0.15, 0.2) is 0 Å². The number of anilines is 1. The van der Waals surface area contributed by atoms with E-state index in [4.69, 9.17) is 5.73 Å². The number of hydrogen-bond acceptors (Lipinski definition) is 2. The minimum absolute atomic E-state index is 0.0833. The molecule has 0 saturated carbocycles. The molecule has 0 radical (unpaired) electrons. The van der Waals surface area contributed by atoms with Crippen LogP contribution in [-0.4, -0.2) is 13.1 Å². The van der Waals surface area contributed by atoms with Gasteiger partial charge < -0.3 is 10.6 Å². The molecule has 0 amide bonds. The van der Waals surface area contributed by atoms with Crippen LogP contribution in [0.1, 0.15) is 45.7 Å². The van der Waals surface area contributed by atoms with Gasteiger partial charge in [0.2, 0.25) is 0 Å². The van der Waals surface area contributed by atoms with E-state index in [2.05, 4.69) is 59.8 Å². The summed E-state index contributed by atoms with van der Waals surface area (Å²) in [5, 5.41) is 0. The molecule has 0 saturated heterocycles. The van der Waals surface area contributed by atoms with Gasteiger partial charge in [-0.1, -0.05) is 26.3 Å². The predicted molar refractivity (Wildman–Crippen MR) is 84.1 cm³/mol. The third-order valence-electron chi connectivity index (χ3n) is 3.45. The molecule has 2 atom stereocenters. The molecule has 0 aliphatic heterocycles. The minimum atomic E-state index is 0.0833. The maximum Gasteiger partial charge on any atom is 0.0510 e. The van der Waals surface area contributed by atoms with E-state index in [-0.39, 0.29) is 6.04 Å². The Hall–Kier alpha value is -0.540. The first-order chi connectivity index (χ1) is 8.49. The topological polar surface area (TPSA) is 29.3 Å². The fourth-order valence-electron chi connectivity index (χ4n) is 1.97. The summed E-state index contributed by atoms with van der Waals surface area (Å²) in [6, 6.07) is 6.53. The third-order valence-corrected chi connectivity index (χ3v) is 4.08. The third kappa shape index (κ3) is 3.99. The first-order valence-corrected chi connectivity index (χ1v) is 7.58. The van der Waals surface area contributed by atoms with Crippen LogP contribution in [0.3, 0.4) is 0 Å². The van der Waals surface area contributed by atoms with Crippen molar-refractivity contribution in [2.24, 2.45) is 11.7 Å². The van der Waals surface area contributed by atoms with Crippen molar-refractivity contribution in [1.82, 2.24) is 0 Å². The summed E-state index contributed by atoms with van der Waals surface area (Å²) in [6.07, 6.45) is 1.21. The van der Waals surface area contributed by atoms with Crippen LogP contribution in [0.2, 0.25) is 0 Å². The Kier molecular flexibility index (Phi) is 6.16. The van der Waals surface area contributed by atoms with Crippen molar-refractivity contribution in [2.45, 2.75) is 40.2 Å². The minimum Gasteiger partial charge on any atom is -0.371 e.